The van der Waals surface area contributed by atoms with Gasteiger partial charge in [-0.05, 0) is 19.8 Å². The molecule has 0 bridgehead atoms. The fraction of sp³-hybridized carbons (Fsp3) is 0.600. The topological polar surface area (TPSA) is 63.6 Å². The number of ether oxygens (including phenoxy) is 1. The average molecular weight is 198 g/mol. The van der Waals surface area contributed by atoms with Gasteiger partial charge in [0.1, 0.15) is 0 Å². The van der Waals surface area contributed by atoms with Crippen LogP contribution in [0.3, 0.4) is 0 Å². The highest BCUT2D eigenvalue weighted by atomic mass is 16.5. The van der Waals surface area contributed by atoms with Crippen LogP contribution >= 0.6 is 0 Å². The molecule has 0 saturated carbocycles. The summed E-state index contributed by atoms with van der Waals surface area (Å²) in [5, 5.41) is 8.70. The second-order valence-corrected chi connectivity index (χ2v) is 3.27. The second kappa shape index (κ2) is 4.79. The van der Waals surface area contributed by atoms with Gasteiger partial charge in [-0.1, -0.05) is 12.2 Å². The molecule has 1 aliphatic rings. The van der Waals surface area contributed by atoms with Gasteiger partial charge in [-0.2, -0.15) is 0 Å². The summed E-state index contributed by atoms with van der Waals surface area (Å²) in [6, 6.07) is 0. The monoisotopic (exact) mass is 198 g/mol. The van der Waals surface area contributed by atoms with E-state index in [0.717, 1.165) is 0 Å². The van der Waals surface area contributed by atoms with E-state index in [1.54, 1.807) is 19.1 Å². The van der Waals surface area contributed by atoms with Crippen molar-refractivity contribution in [3.63, 3.8) is 0 Å². The first kappa shape index (κ1) is 10.8. The number of hydrogen-bond acceptors (Lipinski definition) is 3. The highest BCUT2D eigenvalue weighted by molar-refractivity contribution is 5.77. The van der Waals surface area contributed by atoms with Crippen LogP contribution in [-0.2, 0) is 14.3 Å². The predicted octanol–water partition coefficient (Wildman–Crippen LogP) is 1.22. The molecule has 0 aliphatic heterocycles. The molecule has 4 nitrogen and oxygen atoms in total. The van der Waals surface area contributed by atoms with Gasteiger partial charge in [0.2, 0.25) is 0 Å². The quantitative estimate of drug-likeness (QED) is 0.547. The second-order valence-electron chi connectivity index (χ2n) is 3.27. The van der Waals surface area contributed by atoms with Crippen molar-refractivity contribution in [1.29, 1.82) is 0 Å². The number of hydrogen-bond donors (Lipinski definition) is 1. The fourth-order valence-corrected chi connectivity index (χ4v) is 1.47. The molecule has 0 amide bonds. The zero-order valence-corrected chi connectivity index (χ0v) is 8.10. The summed E-state index contributed by atoms with van der Waals surface area (Å²) in [7, 11) is 0. The molecule has 0 aromatic carbocycles. The van der Waals surface area contributed by atoms with E-state index in [0.29, 0.717) is 19.4 Å². The van der Waals surface area contributed by atoms with Crippen LogP contribution in [0.1, 0.15) is 19.8 Å². The lowest BCUT2D eigenvalue weighted by molar-refractivity contribution is -0.148. The summed E-state index contributed by atoms with van der Waals surface area (Å²) in [4.78, 5) is 21.8. The van der Waals surface area contributed by atoms with Gasteiger partial charge in [-0.25, -0.2) is 0 Å². The molecule has 0 heterocycles. The molecule has 0 aromatic heterocycles. The molecular weight excluding hydrogens is 184 g/mol. The minimum atomic E-state index is -0.830. The Morgan fingerprint density at radius 2 is 1.93 bits per heavy atom. The predicted molar refractivity (Wildman–Crippen MR) is 49.6 cm³/mol. The molecule has 2 unspecified atom stereocenters. The summed E-state index contributed by atoms with van der Waals surface area (Å²) in [6.07, 6.45) is 4.29. The maximum atomic E-state index is 11.3. The van der Waals surface area contributed by atoms with Gasteiger partial charge in [0.15, 0.2) is 0 Å². The van der Waals surface area contributed by atoms with E-state index >= 15 is 0 Å². The Labute approximate surface area is 82.6 Å². The molecule has 1 rings (SSSR count). The number of esters is 1. The standard InChI is InChI=1S/C10H14O4/c1-2-14-10(13)8-5-3-7(4-6-8)9(11)12/h3,5,7-8H,2,4,6H2,1H3,(H,11,12). The molecule has 14 heavy (non-hydrogen) atoms. The van der Waals surface area contributed by atoms with Gasteiger partial charge in [0.25, 0.3) is 0 Å². The van der Waals surface area contributed by atoms with Gasteiger partial charge < -0.3 is 9.84 Å². The van der Waals surface area contributed by atoms with Gasteiger partial charge >= 0.3 is 11.9 Å². The van der Waals surface area contributed by atoms with Crippen LogP contribution in [0.5, 0.6) is 0 Å². The lowest BCUT2D eigenvalue weighted by Crippen LogP contribution is -2.22. The Morgan fingerprint density at radius 1 is 1.36 bits per heavy atom. The maximum absolute atomic E-state index is 11.3. The first-order valence-electron chi connectivity index (χ1n) is 4.73. The molecule has 2 atom stereocenters. The Morgan fingerprint density at radius 3 is 2.36 bits per heavy atom. The van der Waals surface area contributed by atoms with Crippen LogP contribution in [0, 0.1) is 11.8 Å². The molecule has 0 aromatic rings. The normalized spacial score (nSPS) is 25.8. The smallest absolute Gasteiger partial charge is 0.312 e. The van der Waals surface area contributed by atoms with E-state index in [2.05, 4.69) is 0 Å². The zero-order chi connectivity index (χ0) is 10.6. The number of carbonyl (C=O) groups is 2. The molecule has 78 valence electrons. The zero-order valence-electron chi connectivity index (χ0n) is 8.10. The van der Waals surface area contributed by atoms with E-state index in [1.165, 1.54) is 0 Å². The third kappa shape index (κ3) is 2.58. The molecule has 0 spiro atoms. The Hall–Kier alpha value is -1.32. The lowest BCUT2D eigenvalue weighted by Gasteiger charge is -2.18. The van der Waals surface area contributed by atoms with Crippen LogP contribution in [0.15, 0.2) is 12.2 Å². The highest BCUT2D eigenvalue weighted by Crippen LogP contribution is 2.23. The Bertz CT molecular complexity index is 257. The van der Waals surface area contributed by atoms with Gasteiger partial charge in [0, 0.05) is 0 Å². The highest BCUT2D eigenvalue weighted by Gasteiger charge is 2.25. The number of carboxylic acids is 1. The third-order valence-corrected chi connectivity index (χ3v) is 2.27. The molecular formula is C10H14O4. The van der Waals surface area contributed by atoms with Crippen molar-refractivity contribution < 1.29 is 19.4 Å². The van der Waals surface area contributed by atoms with E-state index in [1.807, 2.05) is 0 Å². The molecule has 1 N–H and O–H groups in total. The number of carboxylic acid groups (broad SMARTS) is 1. The van der Waals surface area contributed by atoms with Gasteiger partial charge in [0.05, 0.1) is 18.4 Å². The Balaban J connectivity index is 2.51. The van der Waals surface area contributed by atoms with Gasteiger partial charge in [-0.3, -0.25) is 9.59 Å². The minimum Gasteiger partial charge on any atom is -0.481 e. The van der Waals surface area contributed by atoms with Crippen molar-refractivity contribution in [2.75, 3.05) is 6.61 Å². The maximum Gasteiger partial charge on any atom is 0.312 e. The SMILES string of the molecule is CCOC(=O)C1C=CC(C(=O)O)CC1. The summed E-state index contributed by atoms with van der Waals surface area (Å²) < 4.78 is 4.84. The van der Waals surface area contributed by atoms with Crippen molar-refractivity contribution in [3.8, 4) is 0 Å². The Kier molecular flexibility index (Phi) is 3.68. The molecule has 4 heteroatoms. The number of carbonyl (C=O) groups excluding carboxylic acids is 1. The minimum absolute atomic E-state index is 0.257. The summed E-state index contributed by atoms with van der Waals surface area (Å²) in [5.74, 6) is -1.79. The lowest BCUT2D eigenvalue weighted by atomic mass is 9.89. The number of rotatable bonds is 3. The van der Waals surface area contributed by atoms with Crippen molar-refractivity contribution in [2.45, 2.75) is 19.8 Å². The van der Waals surface area contributed by atoms with E-state index in [4.69, 9.17) is 9.84 Å². The van der Waals surface area contributed by atoms with Gasteiger partial charge in [-0.15, -0.1) is 0 Å². The van der Waals surface area contributed by atoms with Crippen LogP contribution in [0.2, 0.25) is 0 Å². The molecule has 1 aliphatic carbocycles. The van der Waals surface area contributed by atoms with Crippen molar-refractivity contribution >= 4 is 11.9 Å². The van der Waals surface area contributed by atoms with Crippen LogP contribution in [0.25, 0.3) is 0 Å². The fourth-order valence-electron chi connectivity index (χ4n) is 1.47. The van der Waals surface area contributed by atoms with E-state index in [-0.39, 0.29) is 11.9 Å². The largest absolute Gasteiger partial charge is 0.481 e. The van der Waals surface area contributed by atoms with Crippen LogP contribution in [0.4, 0.5) is 0 Å². The molecule has 0 saturated heterocycles. The van der Waals surface area contributed by atoms with Crippen molar-refractivity contribution in [1.82, 2.24) is 0 Å². The van der Waals surface area contributed by atoms with Crippen molar-refractivity contribution in [2.24, 2.45) is 11.8 Å². The average Bonchev–Trinajstić information content (AvgIpc) is 2.18. The van der Waals surface area contributed by atoms with Crippen LogP contribution < -0.4 is 0 Å². The first-order chi connectivity index (χ1) is 6.65. The third-order valence-electron chi connectivity index (χ3n) is 2.27. The molecule has 0 radical (unpaired) electrons. The van der Waals surface area contributed by atoms with Crippen LogP contribution in [-0.4, -0.2) is 23.7 Å². The van der Waals surface area contributed by atoms with E-state index < -0.39 is 11.9 Å². The summed E-state index contributed by atoms with van der Waals surface area (Å²) in [6.45, 7) is 2.12. The first-order valence-corrected chi connectivity index (χ1v) is 4.73. The molecule has 0 fully saturated rings. The van der Waals surface area contributed by atoms with E-state index in [9.17, 15) is 9.59 Å². The summed E-state index contributed by atoms with van der Waals surface area (Å²) in [5.41, 5.74) is 0. The summed E-state index contributed by atoms with van der Waals surface area (Å²) >= 11 is 0. The number of aliphatic carboxylic acids is 1. The van der Waals surface area contributed by atoms with Crippen molar-refractivity contribution in [3.05, 3.63) is 12.2 Å².